The van der Waals surface area contributed by atoms with Crippen LogP contribution in [0.15, 0.2) is 24.3 Å². The molecule has 0 aromatic carbocycles. The van der Waals surface area contributed by atoms with E-state index in [1.807, 2.05) is 0 Å². The molecule has 4 aliphatic carbocycles. The lowest BCUT2D eigenvalue weighted by atomic mass is 9.43. The van der Waals surface area contributed by atoms with Crippen molar-refractivity contribution in [1.82, 2.24) is 0 Å². The van der Waals surface area contributed by atoms with E-state index in [-0.39, 0.29) is 28.6 Å². The molecule has 4 heteroatoms. The van der Waals surface area contributed by atoms with Crippen LogP contribution in [0.2, 0.25) is 0 Å². The maximum Gasteiger partial charge on any atom is 0.130 e. The van der Waals surface area contributed by atoms with E-state index in [0.29, 0.717) is 30.1 Å². The zero-order chi connectivity index (χ0) is 22.1. The van der Waals surface area contributed by atoms with Crippen LogP contribution in [0, 0.1) is 34.5 Å². The average molecular weight is 430 g/mol. The van der Waals surface area contributed by atoms with Gasteiger partial charge in [0.05, 0.1) is 6.10 Å². The lowest BCUT2D eigenvalue weighted by molar-refractivity contribution is -0.497. The molecule has 0 aromatic rings. The molecule has 2 bridgehead atoms. The molecule has 2 heterocycles. The number of rotatable bonds is 5. The van der Waals surface area contributed by atoms with Crippen LogP contribution in [-0.4, -0.2) is 28.5 Å². The Morgan fingerprint density at radius 1 is 1.06 bits per heavy atom. The first-order chi connectivity index (χ1) is 14.7. The molecule has 2 aliphatic heterocycles. The highest BCUT2D eigenvalue weighted by Crippen LogP contribution is 2.72. The van der Waals surface area contributed by atoms with Crippen LogP contribution in [-0.2, 0) is 9.78 Å². The first kappa shape index (κ1) is 22.1. The molecule has 4 nitrogen and oxygen atoms in total. The standard InChI is InChI=1S/C27H43NO3/c1-5-6-19(28)8-7-18(2)21-9-10-22-24(21,3)13-12-23-25(4)14-11-20(29)17-26(25)15-16-27(22,23)31-30-26/h7-8,15-16,18-23,29H,5-6,9-14,17,28H2,1-4H3/b8-7+/t18-,19-,20+,21-,22-,23-,24-,25-,26-,27+/m1/s1. The molecule has 4 fully saturated rings. The van der Waals surface area contributed by atoms with Crippen LogP contribution in [0.1, 0.15) is 85.5 Å². The Hall–Kier alpha value is -0.680. The van der Waals surface area contributed by atoms with Crippen LogP contribution in [0.4, 0.5) is 0 Å². The van der Waals surface area contributed by atoms with Gasteiger partial charge in [-0.1, -0.05) is 52.3 Å². The van der Waals surface area contributed by atoms with Gasteiger partial charge in [0.15, 0.2) is 0 Å². The van der Waals surface area contributed by atoms with Gasteiger partial charge in [0.2, 0.25) is 0 Å². The Balaban J connectivity index is 1.44. The van der Waals surface area contributed by atoms with E-state index in [1.54, 1.807) is 0 Å². The van der Waals surface area contributed by atoms with Gasteiger partial charge < -0.3 is 10.8 Å². The molecule has 10 atom stereocenters. The van der Waals surface area contributed by atoms with Crippen LogP contribution in [0.25, 0.3) is 0 Å². The van der Waals surface area contributed by atoms with Crippen molar-refractivity contribution in [2.45, 2.75) is 109 Å². The van der Waals surface area contributed by atoms with Crippen molar-refractivity contribution in [3.05, 3.63) is 24.3 Å². The van der Waals surface area contributed by atoms with Crippen LogP contribution in [0.3, 0.4) is 0 Å². The monoisotopic (exact) mass is 429 g/mol. The molecule has 0 unspecified atom stereocenters. The Labute approximate surface area is 188 Å². The summed E-state index contributed by atoms with van der Waals surface area (Å²) in [5.74, 6) is 2.15. The maximum absolute atomic E-state index is 10.4. The lowest BCUT2D eigenvalue weighted by Gasteiger charge is -2.69. The van der Waals surface area contributed by atoms with Crippen molar-refractivity contribution in [1.29, 1.82) is 0 Å². The fraction of sp³-hybridized carbons (Fsp3) is 0.852. The topological polar surface area (TPSA) is 64.7 Å². The van der Waals surface area contributed by atoms with E-state index in [1.165, 1.54) is 25.7 Å². The number of hydrogen-bond donors (Lipinski definition) is 2. The molecule has 6 aliphatic rings. The van der Waals surface area contributed by atoms with Crippen LogP contribution >= 0.6 is 0 Å². The zero-order valence-corrected chi connectivity index (χ0v) is 20.0. The van der Waals surface area contributed by atoms with Gasteiger partial charge in [-0.2, -0.15) is 0 Å². The van der Waals surface area contributed by atoms with E-state index in [4.69, 9.17) is 15.5 Å². The average Bonchev–Trinajstić information content (AvgIpc) is 3.10. The third-order valence-electron chi connectivity index (χ3n) is 10.6. The third-order valence-corrected chi connectivity index (χ3v) is 10.6. The summed E-state index contributed by atoms with van der Waals surface area (Å²) in [6, 6.07) is 0.179. The highest BCUT2D eigenvalue weighted by molar-refractivity contribution is 5.33. The Bertz CT molecular complexity index is 766. The van der Waals surface area contributed by atoms with Gasteiger partial charge in [-0.25, -0.2) is 9.78 Å². The van der Waals surface area contributed by atoms with Crippen molar-refractivity contribution in [3.8, 4) is 0 Å². The minimum absolute atomic E-state index is 0.0527. The summed E-state index contributed by atoms with van der Waals surface area (Å²) in [6.45, 7) is 9.53. The van der Waals surface area contributed by atoms with Crippen molar-refractivity contribution >= 4 is 0 Å². The third kappa shape index (κ3) is 2.94. The predicted octanol–water partition coefficient (Wildman–Crippen LogP) is 5.31. The summed E-state index contributed by atoms with van der Waals surface area (Å²) in [5, 5.41) is 10.4. The minimum Gasteiger partial charge on any atom is -0.393 e. The van der Waals surface area contributed by atoms with Gasteiger partial charge in [-0.05, 0) is 68.3 Å². The molecule has 6 rings (SSSR count). The largest absolute Gasteiger partial charge is 0.393 e. The van der Waals surface area contributed by atoms with E-state index in [0.717, 1.165) is 25.7 Å². The SMILES string of the molecule is CCC[C@@H](N)/C=C/[C@@H](C)[C@H]1CC[C@@H]2[C@]1(C)CC[C@H]1[C@]23C=C[C@]2(C[C@@H](O)CC[C@]12C)OO3. The summed E-state index contributed by atoms with van der Waals surface area (Å²) in [7, 11) is 0. The Kier molecular flexibility index (Phi) is 5.29. The summed E-state index contributed by atoms with van der Waals surface area (Å²) in [5.41, 5.74) is 5.82. The van der Waals surface area contributed by atoms with E-state index < -0.39 is 5.60 Å². The molecule has 0 radical (unpaired) electrons. The van der Waals surface area contributed by atoms with Gasteiger partial charge in [-0.3, -0.25) is 0 Å². The molecule has 3 saturated carbocycles. The summed E-state index contributed by atoms with van der Waals surface area (Å²) in [6.07, 6.45) is 18.7. The van der Waals surface area contributed by atoms with Gasteiger partial charge >= 0.3 is 0 Å². The molecule has 0 amide bonds. The van der Waals surface area contributed by atoms with E-state index in [9.17, 15) is 5.11 Å². The second-order valence-corrected chi connectivity index (χ2v) is 12.1. The quantitative estimate of drug-likeness (QED) is 0.459. The van der Waals surface area contributed by atoms with Crippen LogP contribution in [0.5, 0.6) is 0 Å². The molecular formula is C27H43NO3. The highest BCUT2D eigenvalue weighted by atomic mass is 17.2. The molecule has 3 N–H and O–H groups in total. The van der Waals surface area contributed by atoms with E-state index in [2.05, 4.69) is 52.0 Å². The van der Waals surface area contributed by atoms with Crippen molar-refractivity contribution in [2.75, 3.05) is 0 Å². The number of hydrogen-bond acceptors (Lipinski definition) is 4. The molecular weight excluding hydrogens is 386 g/mol. The van der Waals surface area contributed by atoms with E-state index >= 15 is 0 Å². The fourth-order valence-electron chi connectivity index (χ4n) is 8.89. The summed E-state index contributed by atoms with van der Waals surface area (Å²) in [4.78, 5) is 12.7. The molecule has 31 heavy (non-hydrogen) atoms. The number of aliphatic hydroxyl groups is 1. The van der Waals surface area contributed by atoms with Gasteiger partial charge in [0.25, 0.3) is 0 Å². The van der Waals surface area contributed by atoms with Gasteiger partial charge in [-0.15, -0.1) is 0 Å². The van der Waals surface area contributed by atoms with Crippen molar-refractivity contribution in [3.63, 3.8) is 0 Å². The molecule has 0 aromatic heterocycles. The second-order valence-electron chi connectivity index (χ2n) is 12.1. The minimum atomic E-state index is -0.450. The number of allylic oxidation sites excluding steroid dienone is 1. The molecule has 1 saturated heterocycles. The van der Waals surface area contributed by atoms with Gasteiger partial charge in [0.1, 0.15) is 11.2 Å². The number of fused-ring (bicyclic) bond motifs is 2. The highest BCUT2D eigenvalue weighted by Gasteiger charge is 2.74. The summed E-state index contributed by atoms with van der Waals surface area (Å²) >= 11 is 0. The fourth-order valence-corrected chi connectivity index (χ4v) is 8.89. The number of aliphatic hydroxyl groups excluding tert-OH is 1. The Morgan fingerprint density at radius 3 is 2.58 bits per heavy atom. The normalized spacial score (nSPS) is 52.6. The lowest BCUT2D eigenvalue weighted by Crippen LogP contribution is -2.73. The van der Waals surface area contributed by atoms with Crippen LogP contribution < -0.4 is 5.73 Å². The molecule has 174 valence electrons. The second kappa shape index (κ2) is 7.41. The predicted molar refractivity (Wildman–Crippen MR) is 123 cm³/mol. The first-order valence-electron chi connectivity index (χ1n) is 12.9. The zero-order valence-electron chi connectivity index (χ0n) is 20.0. The smallest absolute Gasteiger partial charge is 0.130 e. The first-order valence-corrected chi connectivity index (χ1v) is 12.9. The van der Waals surface area contributed by atoms with Crippen molar-refractivity contribution < 1.29 is 14.9 Å². The van der Waals surface area contributed by atoms with Gasteiger partial charge in [0, 0.05) is 29.7 Å². The molecule has 2 spiro atoms. The van der Waals surface area contributed by atoms with Crippen molar-refractivity contribution in [2.24, 2.45) is 40.2 Å². The Morgan fingerprint density at radius 2 is 1.87 bits per heavy atom. The summed E-state index contributed by atoms with van der Waals surface area (Å²) < 4.78 is 0. The maximum atomic E-state index is 10.4. The number of nitrogens with two attached hydrogens (primary N) is 1.